The van der Waals surface area contributed by atoms with Crippen molar-refractivity contribution in [3.63, 3.8) is 0 Å². The van der Waals surface area contributed by atoms with Crippen LogP contribution in [0.5, 0.6) is 0 Å². The second-order valence-electron chi connectivity index (χ2n) is 5.30. The molecular formula is C14H26N2O3S. The van der Waals surface area contributed by atoms with E-state index in [9.17, 15) is 13.2 Å². The Balaban J connectivity index is 2.52. The summed E-state index contributed by atoms with van der Waals surface area (Å²) >= 11 is 0. The SMILES string of the molecule is CCCNC(=O)CN(CCC1=CCCCC1)S(C)(=O)=O. The molecule has 116 valence electrons. The van der Waals surface area contributed by atoms with Crippen molar-refractivity contribution >= 4 is 15.9 Å². The molecule has 0 unspecified atom stereocenters. The third-order valence-electron chi connectivity index (χ3n) is 3.43. The van der Waals surface area contributed by atoms with E-state index in [1.165, 1.54) is 22.7 Å². The zero-order valence-corrected chi connectivity index (χ0v) is 13.3. The maximum atomic E-state index is 11.7. The van der Waals surface area contributed by atoms with Gasteiger partial charge < -0.3 is 5.32 Å². The number of carbonyl (C=O) groups is 1. The molecule has 1 N–H and O–H groups in total. The second kappa shape index (κ2) is 8.42. The minimum atomic E-state index is -3.34. The van der Waals surface area contributed by atoms with Crippen LogP contribution in [0, 0.1) is 0 Å². The summed E-state index contributed by atoms with van der Waals surface area (Å²) in [6, 6.07) is 0. The Morgan fingerprint density at radius 3 is 2.70 bits per heavy atom. The molecule has 0 saturated heterocycles. The van der Waals surface area contributed by atoms with Gasteiger partial charge in [-0.1, -0.05) is 18.6 Å². The Kier molecular flexibility index (Phi) is 7.23. The van der Waals surface area contributed by atoms with Gasteiger partial charge in [0.2, 0.25) is 15.9 Å². The van der Waals surface area contributed by atoms with Crippen LogP contribution in [0.4, 0.5) is 0 Å². The van der Waals surface area contributed by atoms with E-state index in [1.54, 1.807) is 0 Å². The lowest BCUT2D eigenvalue weighted by Crippen LogP contribution is -2.41. The van der Waals surface area contributed by atoms with Crippen molar-refractivity contribution in [2.45, 2.75) is 45.4 Å². The molecule has 20 heavy (non-hydrogen) atoms. The number of hydrogen-bond donors (Lipinski definition) is 1. The van der Waals surface area contributed by atoms with Gasteiger partial charge in [-0.2, -0.15) is 4.31 Å². The van der Waals surface area contributed by atoms with Crippen LogP contribution in [0.15, 0.2) is 11.6 Å². The average Bonchev–Trinajstić information content (AvgIpc) is 2.41. The number of allylic oxidation sites excluding steroid dienone is 1. The lowest BCUT2D eigenvalue weighted by atomic mass is 9.97. The monoisotopic (exact) mass is 302 g/mol. The molecule has 6 heteroatoms. The number of nitrogens with zero attached hydrogens (tertiary/aromatic N) is 1. The molecule has 0 spiro atoms. The molecule has 0 atom stereocenters. The van der Waals surface area contributed by atoms with Crippen LogP contribution in [-0.2, 0) is 14.8 Å². The second-order valence-corrected chi connectivity index (χ2v) is 7.29. The van der Waals surface area contributed by atoms with Crippen LogP contribution in [0.25, 0.3) is 0 Å². The van der Waals surface area contributed by atoms with E-state index < -0.39 is 10.0 Å². The molecule has 0 aromatic rings. The van der Waals surface area contributed by atoms with Crippen molar-refractivity contribution in [2.75, 3.05) is 25.9 Å². The topological polar surface area (TPSA) is 66.5 Å². The number of nitrogens with one attached hydrogen (secondary N) is 1. The molecule has 0 radical (unpaired) electrons. The van der Waals surface area contributed by atoms with E-state index in [0.29, 0.717) is 13.1 Å². The van der Waals surface area contributed by atoms with Crippen molar-refractivity contribution in [3.8, 4) is 0 Å². The van der Waals surface area contributed by atoms with Crippen molar-refractivity contribution in [1.29, 1.82) is 0 Å². The molecule has 1 aliphatic carbocycles. The molecular weight excluding hydrogens is 276 g/mol. The van der Waals surface area contributed by atoms with Crippen molar-refractivity contribution in [3.05, 3.63) is 11.6 Å². The summed E-state index contributed by atoms with van der Waals surface area (Å²) < 4.78 is 24.8. The van der Waals surface area contributed by atoms with Crippen LogP contribution in [0.3, 0.4) is 0 Å². The summed E-state index contributed by atoms with van der Waals surface area (Å²) in [5.74, 6) is -0.227. The third kappa shape index (κ3) is 6.52. The number of carbonyl (C=O) groups excluding carboxylic acids is 1. The lowest BCUT2D eigenvalue weighted by Gasteiger charge is -2.21. The molecule has 0 fully saturated rings. The van der Waals surface area contributed by atoms with E-state index in [1.807, 2.05) is 6.92 Å². The van der Waals surface area contributed by atoms with Gasteiger partial charge >= 0.3 is 0 Å². The van der Waals surface area contributed by atoms with Crippen LogP contribution in [0.2, 0.25) is 0 Å². The van der Waals surface area contributed by atoms with Gasteiger partial charge in [0, 0.05) is 13.1 Å². The van der Waals surface area contributed by atoms with Gasteiger partial charge in [0.15, 0.2) is 0 Å². The molecule has 0 aromatic carbocycles. The highest BCUT2D eigenvalue weighted by Crippen LogP contribution is 2.20. The quantitative estimate of drug-likeness (QED) is 0.694. The largest absolute Gasteiger partial charge is 0.355 e. The first kappa shape index (κ1) is 17.2. The smallest absolute Gasteiger partial charge is 0.235 e. The highest BCUT2D eigenvalue weighted by Gasteiger charge is 2.20. The summed E-state index contributed by atoms with van der Waals surface area (Å²) in [5, 5.41) is 2.71. The summed E-state index contributed by atoms with van der Waals surface area (Å²) in [4.78, 5) is 11.7. The Hall–Kier alpha value is -0.880. The maximum Gasteiger partial charge on any atom is 0.235 e. The van der Waals surface area contributed by atoms with Crippen LogP contribution in [-0.4, -0.2) is 44.5 Å². The zero-order valence-electron chi connectivity index (χ0n) is 12.5. The lowest BCUT2D eigenvalue weighted by molar-refractivity contribution is -0.121. The molecule has 0 bridgehead atoms. The van der Waals surface area contributed by atoms with Crippen LogP contribution >= 0.6 is 0 Å². The molecule has 1 rings (SSSR count). The summed E-state index contributed by atoms with van der Waals surface area (Å²) in [5.41, 5.74) is 1.32. The number of rotatable bonds is 8. The fourth-order valence-corrected chi connectivity index (χ4v) is 3.02. The molecule has 1 amide bonds. The van der Waals surface area contributed by atoms with E-state index in [2.05, 4.69) is 11.4 Å². The summed E-state index contributed by atoms with van der Waals surface area (Å²) in [7, 11) is -3.34. The van der Waals surface area contributed by atoms with E-state index in [-0.39, 0.29) is 12.5 Å². The minimum absolute atomic E-state index is 0.0773. The predicted molar refractivity (Wildman–Crippen MR) is 80.9 cm³/mol. The van der Waals surface area contributed by atoms with Gasteiger partial charge in [-0.15, -0.1) is 0 Å². The Morgan fingerprint density at radius 1 is 1.40 bits per heavy atom. The predicted octanol–water partition coefficient (Wildman–Crippen LogP) is 1.66. The average molecular weight is 302 g/mol. The number of sulfonamides is 1. The molecule has 0 aromatic heterocycles. The van der Waals surface area contributed by atoms with Crippen molar-refractivity contribution < 1.29 is 13.2 Å². The summed E-state index contributed by atoms with van der Waals surface area (Å²) in [6.07, 6.45) is 9.49. The molecule has 5 nitrogen and oxygen atoms in total. The summed E-state index contributed by atoms with van der Waals surface area (Å²) in [6.45, 7) is 2.86. The molecule has 0 heterocycles. The van der Waals surface area contributed by atoms with Gasteiger partial charge in [-0.3, -0.25) is 4.79 Å². The van der Waals surface area contributed by atoms with Crippen molar-refractivity contribution in [1.82, 2.24) is 9.62 Å². The molecule has 0 saturated carbocycles. The maximum absolute atomic E-state index is 11.7. The van der Waals surface area contributed by atoms with Gasteiger partial charge in [-0.05, 0) is 38.5 Å². The normalized spacial score (nSPS) is 16.1. The van der Waals surface area contributed by atoms with Crippen LogP contribution < -0.4 is 5.32 Å². The van der Waals surface area contributed by atoms with E-state index in [4.69, 9.17) is 0 Å². The van der Waals surface area contributed by atoms with Gasteiger partial charge in [-0.25, -0.2) is 8.42 Å². The molecule has 1 aliphatic rings. The number of amides is 1. The first-order chi connectivity index (χ1) is 9.43. The first-order valence-electron chi connectivity index (χ1n) is 7.33. The zero-order chi connectivity index (χ0) is 15.0. The number of hydrogen-bond acceptors (Lipinski definition) is 3. The van der Waals surface area contributed by atoms with Gasteiger partial charge in [0.05, 0.1) is 12.8 Å². The van der Waals surface area contributed by atoms with Gasteiger partial charge in [0.1, 0.15) is 0 Å². The van der Waals surface area contributed by atoms with Crippen molar-refractivity contribution in [2.24, 2.45) is 0 Å². The third-order valence-corrected chi connectivity index (χ3v) is 4.68. The standard InChI is InChI=1S/C14H26N2O3S/c1-3-10-15-14(17)12-16(20(2,18)19)11-9-13-7-5-4-6-8-13/h7H,3-6,8-12H2,1-2H3,(H,15,17). The van der Waals surface area contributed by atoms with E-state index >= 15 is 0 Å². The highest BCUT2D eigenvalue weighted by atomic mass is 32.2. The van der Waals surface area contributed by atoms with Gasteiger partial charge in [0.25, 0.3) is 0 Å². The minimum Gasteiger partial charge on any atom is -0.355 e. The Bertz CT molecular complexity index is 443. The fraction of sp³-hybridized carbons (Fsp3) is 0.786. The fourth-order valence-electron chi connectivity index (χ4n) is 2.24. The Morgan fingerprint density at radius 2 is 2.15 bits per heavy atom. The molecule has 0 aliphatic heterocycles. The first-order valence-corrected chi connectivity index (χ1v) is 9.18. The van der Waals surface area contributed by atoms with E-state index in [0.717, 1.165) is 31.9 Å². The Labute approximate surface area is 122 Å². The highest BCUT2D eigenvalue weighted by molar-refractivity contribution is 7.88. The van der Waals surface area contributed by atoms with Crippen LogP contribution in [0.1, 0.15) is 45.4 Å².